The van der Waals surface area contributed by atoms with Gasteiger partial charge in [0.2, 0.25) is 0 Å². The zero-order valence-corrected chi connectivity index (χ0v) is 11.5. The Morgan fingerprint density at radius 1 is 1.58 bits per heavy atom. The van der Waals surface area contributed by atoms with Gasteiger partial charge in [-0.2, -0.15) is 0 Å². The Balaban J connectivity index is 2.24. The number of aliphatic carboxylic acids is 1. The van der Waals surface area contributed by atoms with Crippen LogP contribution in [0.2, 0.25) is 0 Å². The van der Waals surface area contributed by atoms with Gasteiger partial charge >= 0.3 is 5.97 Å². The number of carboxylic acid groups (broad SMARTS) is 1. The molecule has 1 saturated heterocycles. The van der Waals surface area contributed by atoms with Crippen molar-refractivity contribution in [3.63, 3.8) is 0 Å². The molecule has 4 unspecified atom stereocenters. The molecular weight excluding hydrogens is 248 g/mol. The Morgan fingerprint density at radius 2 is 2.32 bits per heavy atom. The van der Waals surface area contributed by atoms with E-state index in [1.165, 1.54) is 0 Å². The lowest BCUT2D eigenvalue weighted by molar-refractivity contribution is -0.142. The molecule has 1 aliphatic heterocycles. The van der Waals surface area contributed by atoms with Crippen molar-refractivity contribution in [2.24, 2.45) is 5.92 Å². The molecule has 2 heterocycles. The Kier molecular flexibility index (Phi) is 4.14. The smallest absolute Gasteiger partial charge is 0.308 e. The maximum Gasteiger partial charge on any atom is 0.308 e. The molecule has 1 aromatic heterocycles. The fourth-order valence-corrected chi connectivity index (χ4v) is 2.50. The number of carboxylic acids is 1. The molecule has 0 amide bonds. The highest BCUT2D eigenvalue weighted by atomic mass is 16.5. The van der Waals surface area contributed by atoms with E-state index in [-0.39, 0.29) is 18.1 Å². The van der Waals surface area contributed by atoms with Crippen molar-refractivity contribution in [2.75, 3.05) is 6.61 Å². The second-order valence-corrected chi connectivity index (χ2v) is 5.06. The van der Waals surface area contributed by atoms with Gasteiger partial charge < -0.3 is 9.84 Å². The summed E-state index contributed by atoms with van der Waals surface area (Å²) in [6, 6.07) is -0.277. The summed E-state index contributed by atoms with van der Waals surface area (Å²) in [6.07, 6.45) is 1.91. The quantitative estimate of drug-likeness (QED) is 0.864. The van der Waals surface area contributed by atoms with Crippen molar-refractivity contribution in [1.29, 1.82) is 0 Å². The van der Waals surface area contributed by atoms with Crippen LogP contribution in [-0.4, -0.2) is 44.0 Å². The fraction of sp³-hybridized carbons (Fsp3) is 0.833. The highest BCUT2D eigenvalue weighted by molar-refractivity contribution is 5.70. The molecule has 7 heteroatoms. The SMILES string of the molecule is CCC1OCCC1c1nnnn1C(C)C(C)C(=O)O. The predicted molar refractivity (Wildman–Crippen MR) is 66.7 cm³/mol. The van der Waals surface area contributed by atoms with E-state index in [0.29, 0.717) is 6.61 Å². The molecule has 1 aromatic rings. The summed E-state index contributed by atoms with van der Waals surface area (Å²) in [6.45, 7) is 6.27. The number of hydrogen-bond donors (Lipinski definition) is 1. The van der Waals surface area contributed by atoms with Crippen LogP contribution in [0.4, 0.5) is 0 Å². The van der Waals surface area contributed by atoms with E-state index in [1.807, 2.05) is 6.92 Å². The van der Waals surface area contributed by atoms with Crippen LogP contribution in [0.1, 0.15) is 51.4 Å². The minimum Gasteiger partial charge on any atom is -0.481 e. The molecule has 0 aromatic carbocycles. The summed E-state index contributed by atoms with van der Waals surface area (Å²) in [5, 5.41) is 20.9. The van der Waals surface area contributed by atoms with Gasteiger partial charge in [0, 0.05) is 12.5 Å². The first-order chi connectivity index (χ1) is 9.06. The lowest BCUT2D eigenvalue weighted by Crippen LogP contribution is -2.26. The topological polar surface area (TPSA) is 90.1 Å². The molecule has 0 aliphatic carbocycles. The fourth-order valence-electron chi connectivity index (χ4n) is 2.50. The maximum absolute atomic E-state index is 11.1. The van der Waals surface area contributed by atoms with E-state index in [0.717, 1.165) is 18.7 Å². The van der Waals surface area contributed by atoms with Gasteiger partial charge in [0.25, 0.3) is 0 Å². The first-order valence-electron chi connectivity index (χ1n) is 6.68. The summed E-state index contributed by atoms with van der Waals surface area (Å²) in [4.78, 5) is 11.1. The summed E-state index contributed by atoms with van der Waals surface area (Å²) >= 11 is 0. The van der Waals surface area contributed by atoms with Gasteiger partial charge in [-0.25, -0.2) is 4.68 Å². The Morgan fingerprint density at radius 3 is 2.95 bits per heavy atom. The summed E-state index contributed by atoms with van der Waals surface area (Å²) in [7, 11) is 0. The molecule has 0 bridgehead atoms. The molecule has 0 radical (unpaired) electrons. The molecule has 1 aliphatic rings. The molecule has 1 fully saturated rings. The number of hydrogen-bond acceptors (Lipinski definition) is 5. The summed E-state index contributed by atoms with van der Waals surface area (Å²) < 4.78 is 7.30. The van der Waals surface area contributed by atoms with Crippen LogP contribution in [-0.2, 0) is 9.53 Å². The van der Waals surface area contributed by atoms with Crippen molar-refractivity contribution in [3.8, 4) is 0 Å². The minimum absolute atomic E-state index is 0.122. The normalized spacial score (nSPS) is 26.3. The van der Waals surface area contributed by atoms with Crippen molar-refractivity contribution in [1.82, 2.24) is 20.2 Å². The van der Waals surface area contributed by atoms with Crippen molar-refractivity contribution < 1.29 is 14.6 Å². The number of nitrogens with zero attached hydrogens (tertiary/aromatic N) is 4. The first-order valence-corrected chi connectivity index (χ1v) is 6.68. The van der Waals surface area contributed by atoms with E-state index in [1.54, 1.807) is 11.6 Å². The molecular formula is C12H20N4O3. The molecule has 19 heavy (non-hydrogen) atoms. The number of aromatic nitrogens is 4. The lowest BCUT2D eigenvalue weighted by Gasteiger charge is -2.21. The number of rotatable bonds is 5. The Bertz CT molecular complexity index is 448. The van der Waals surface area contributed by atoms with Gasteiger partial charge in [-0.3, -0.25) is 4.79 Å². The van der Waals surface area contributed by atoms with E-state index < -0.39 is 11.9 Å². The zero-order valence-electron chi connectivity index (χ0n) is 11.5. The lowest BCUT2D eigenvalue weighted by atomic mass is 9.97. The van der Waals surface area contributed by atoms with Crippen LogP contribution in [0.25, 0.3) is 0 Å². The molecule has 0 saturated carbocycles. The van der Waals surface area contributed by atoms with E-state index in [2.05, 4.69) is 22.4 Å². The Hall–Kier alpha value is -1.50. The third kappa shape index (κ3) is 2.60. The van der Waals surface area contributed by atoms with E-state index in [4.69, 9.17) is 9.84 Å². The zero-order chi connectivity index (χ0) is 14.0. The van der Waals surface area contributed by atoms with Crippen LogP contribution in [0, 0.1) is 5.92 Å². The van der Waals surface area contributed by atoms with Crippen LogP contribution in [0.3, 0.4) is 0 Å². The maximum atomic E-state index is 11.1. The molecule has 106 valence electrons. The summed E-state index contributed by atoms with van der Waals surface area (Å²) in [5.41, 5.74) is 0. The average molecular weight is 268 g/mol. The van der Waals surface area contributed by atoms with E-state index >= 15 is 0 Å². The number of ether oxygens (including phenoxy) is 1. The van der Waals surface area contributed by atoms with Crippen molar-refractivity contribution >= 4 is 5.97 Å². The van der Waals surface area contributed by atoms with Crippen molar-refractivity contribution in [2.45, 2.75) is 51.7 Å². The van der Waals surface area contributed by atoms with Gasteiger partial charge in [-0.15, -0.1) is 5.10 Å². The van der Waals surface area contributed by atoms with Gasteiger partial charge in [-0.1, -0.05) is 6.92 Å². The van der Waals surface area contributed by atoms with Gasteiger partial charge in [0.1, 0.15) is 0 Å². The second-order valence-electron chi connectivity index (χ2n) is 5.06. The average Bonchev–Trinajstić information content (AvgIpc) is 3.03. The van der Waals surface area contributed by atoms with Crippen LogP contribution < -0.4 is 0 Å². The van der Waals surface area contributed by atoms with Crippen LogP contribution in [0.15, 0.2) is 0 Å². The second kappa shape index (κ2) is 5.64. The molecule has 7 nitrogen and oxygen atoms in total. The van der Waals surface area contributed by atoms with Crippen LogP contribution in [0.5, 0.6) is 0 Å². The highest BCUT2D eigenvalue weighted by Gasteiger charge is 2.35. The third-order valence-electron chi connectivity index (χ3n) is 3.96. The highest BCUT2D eigenvalue weighted by Crippen LogP contribution is 2.33. The first kappa shape index (κ1) is 13.9. The number of tetrazole rings is 1. The largest absolute Gasteiger partial charge is 0.481 e. The molecule has 4 atom stereocenters. The van der Waals surface area contributed by atoms with Gasteiger partial charge in [0.15, 0.2) is 5.82 Å². The van der Waals surface area contributed by atoms with Crippen molar-refractivity contribution in [3.05, 3.63) is 5.82 Å². The molecule has 1 N–H and O–H groups in total. The summed E-state index contributed by atoms with van der Waals surface area (Å²) in [5.74, 6) is -0.485. The van der Waals surface area contributed by atoms with Crippen LogP contribution >= 0.6 is 0 Å². The Labute approximate surface area is 111 Å². The standard InChI is InChI=1S/C12H20N4O3/c1-4-10-9(5-6-19-10)11-13-14-15-16(11)8(3)7(2)12(17)18/h7-10H,4-6H2,1-3H3,(H,17,18). The molecule has 0 spiro atoms. The monoisotopic (exact) mass is 268 g/mol. The number of carbonyl (C=O) groups is 1. The minimum atomic E-state index is -0.844. The van der Waals surface area contributed by atoms with Gasteiger partial charge in [0.05, 0.1) is 18.1 Å². The predicted octanol–water partition coefficient (Wildman–Crippen LogP) is 1.24. The third-order valence-corrected chi connectivity index (χ3v) is 3.96. The van der Waals surface area contributed by atoms with E-state index in [9.17, 15) is 4.79 Å². The van der Waals surface area contributed by atoms with Gasteiger partial charge in [-0.05, 0) is 37.1 Å². The molecule has 2 rings (SSSR count).